The van der Waals surface area contributed by atoms with Gasteiger partial charge in [0.05, 0.1) is 16.8 Å². The van der Waals surface area contributed by atoms with E-state index in [0.29, 0.717) is 5.02 Å². The Labute approximate surface area is 131 Å². The third-order valence-corrected chi connectivity index (χ3v) is 3.74. The fourth-order valence-electron chi connectivity index (χ4n) is 2.10. The summed E-state index contributed by atoms with van der Waals surface area (Å²) >= 11 is 6.13. The van der Waals surface area contributed by atoms with Gasteiger partial charge in [-0.25, -0.2) is 0 Å². The van der Waals surface area contributed by atoms with E-state index in [0.717, 1.165) is 11.3 Å². The van der Waals surface area contributed by atoms with Gasteiger partial charge in [0.15, 0.2) is 0 Å². The Bertz CT molecular complexity index is 648. The topological polar surface area (TPSA) is 35.8 Å². The number of halogens is 1. The number of hydrogen-bond acceptors (Lipinski definition) is 2. The normalized spacial score (nSPS) is 12.5. The molecule has 0 heterocycles. The van der Waals surface area contributed by atoms with Crippen LogP contribution < -0.4 is 5.32 Å². The number of para-hydroxylation sites is 1. The molecular formula is C18H19ClN2. The van der Waals surface area contributed by atoms with Crippen molar-refractivity contribution in [3.05, 3.63) is 64.7 Å². The lowest BCUT2D eigenvalue weighted by Crippen LogP contribution is -2.12. The minimum atomic E-state index is -0.418. The Morgan fingerprint density at radius 1 is 1.05 bits per heavy atom. The predicted molar refractivity (Wildman–Crippen MR) is 88.6 cm³/mol. The minimum Gasteiger partial charge on any atom is -0.365 e. The van der Waals surface area contributed by atoms with Crippen molar-refractivity contribution in [2.45, 2.75) is 32.2 Å². The molecule has 2 rings (SSSR count). The smallest absolute Gasteiger partial charge is 0.140 e. The van der Waals surface area contributed by atoms with E-state index in [1.165, 1.54) is 5.56 Å². The summed E-state index contributed by atoms with van der Waals surface area (Å²) in [5, 5.41) is 13.2. The number of anilines is 1. The molecule has 0 aliphatic rings. The van der Waals surface area contributed by atoms with E-state index in [2.05, 4.69) is 44.3 Å². The van der Waals surface area contributed by atoms with Crippen LogP contribution in [0.15, 0.2) is 48.5 Å². The maximum absolute atomic E-state index is 9.41. The standard InChI is InChI=1S/C18H19ClN2/c1-18(2,3)14-10-8-13(9-11-14)17(12-20)21-16-7-5-4-6-15(16)19/h4-11,17,21H,1-3H3. The highest BCUT2D eigenvalue weighted by molar-refractivity contribution is 6.33. The van der Waals surface area contributed by atoms with Gasteiger partial charge in [-0.05, 0) is 28.7 Å². The molecule has 2 nitrogen and oxygen atoms in total. The van der Waals surface area contributed by atoms with Crippen LogP contribution in [-0.2, 0) is 5.41 Å². The van der Waals surface area contributed by atoms with Crippen molar-refractivity contribution in [3.8, 4) is 6.07 Å². The zero-order valence-electron chi connectivity index (χ0n) is 12.5. The van der Waals surface area contributed by atoms with Gasteiger partial charge < -0.3 is 5.32 Å². The highest BCUT2D eigenvalue weighted by atomic mass is 35.5. The molecule has 0 aliphatic carbocycles. The van der Waals surface area contributed by atoms with Gasteiger partial charge in [0.25, 0.3) is 0 Å². The fourth-order valence-corrected chi connectivity index (χ4v) is 2.29. The lowest BCUT2D eigenvalue weighted by Gasteiger charge is -2.20. The van der Waals surface area contributed by atoms with Gasteiger partial charge in [0, 0.05) is 0 Å². The Hall–Kier alpha value is -1.98. The van der Waals surface area contributed by atoms with E-state index in [1.54, 1.807) is 6.07 Å². The first-order valence-corrected chi connectivity index (χ1v) is 7.31. The second-order valence-corrected chi connectivity index (χ2v) is 6.47. The van der Waals surface area contributed by atoms with Crippen LogP contribution in [0.1, 0.15) is 37.9 Å². The maximum Gasteiger partial charge on any atom is 0.140 e. The van der Waals surface area contributed by atoms with Gasteiger partial charge in [-0.3, -0.25) is 0 Å². The van der Waals surface area contributed by atoms with E-state index in [-0.39, 0.29) is 5.41 Å². The number of nitriles is 1. The molecule has 0 amide bonds. The third-order valence-electron chi connectivity index (χ3n) is 3.41. The molecule has 0 saturated heterocycles. The zero-order valence-corrected chi connectivity index (χ0v) is 13.3. The first-order valence-electron chi connectivity index (χ1n) is 6.93. The number of benzene rings is 2. The number of nitrogens with one attached hydrogen (secondary N) is 1. The Morgan fingerprint density at radius 2 is 1.67 bits per heavy atom. The SMILES string of the molecule is CC(C)(C)c1ccc(C(C#N)Nc2ccccc2Cl)cc1. The van der Waals surface area contributed by atoms with Crippen LogP contribution in [0.25, 0.3) is 0 Å². The summed E-state index contributed by atoms with van der Waals surface area (Å²) in [6, 6.07) is 17.5. The van der Waals surface area contributed by atoms with Crippen molar-refractivity contribution >= 4 is 17.3 Å². The van der Waals surface area contributed by atoms with E-state index in [9.17, 15) is 5.26 Å². The minimum absolute atomic E-state index is 0.108. The van der Waals surface area contributed by atoms with Crippen LogP contribution in [0.4, 0.5) is 5.69 Å². The molecule has 0 spiro atoms. The summed E-state index contributed by atoms with van der Waals surface area (Å²) in [6.07, 6.45) is 0. The Balaban J connectivity index is 2.23. The fraction of sp³-hybridized carbons (Fsp3) is 0.278. The van der Waals surface area contributed by atoms with Gasteiger partial charge in [0.1, 0.15) is 6.04 Å². The molecule has 0 aliphatic heterocycles. The van der Waals surface area contributed by atoms with E-state index in [4.69, 9.17) is 11.6 Å². The van der Waals surface area contributed by atoms with E-state index in [1.807, 2.05) is 30.3 Å². The number of rotatable bonds is 3. The zero-order chi connectivity index (χ0) is 15.5. The lowest BCUT2D eigenvalue weighted by atomic mass is 9.86. The van der Waals surface area contributed by atoms with Gasteiger partial charge in [-0.15, -0.1) is 0 Å². The summed E-state index contributed by atoms with van der Waals surface area (Å²) in [4.78, 5) is 0. The third kappa shape index (κ3) is 3.77. The van der Waals surface area contributed by atoms with Crippen molar-refractivity contribution < 1.29 is 0 Å². The second-order valence-electron chi connectivity index (χ2n) is 6.06. The van der Waals surface area contributed by atoms with Crippen molar-refractivity contribution in [2.75, 3.05) is 5.32 Å². The molecule has 0 fully saturated rings. The second kappa shape index (κ2) is 6.20. The lowest BCUT2D eigenvalue weighted by molar-refractivity contribution is 0.590. The summed E-state index contributed by atoms with van der Waals surface area (Å²) in [5.74, 6) is 0. The molecule has 1 N–H and O–H groups in total. The quantitative estimate of drug-likeness (QED) is 0.833. The van der Waals surface area contributed by atoms with E-state index < -0.39 is 6.04 Å². The van der Waals surface area contributed by atoms with Crippen molar-refractivity contribution in [1.82, 2.24) is 0 Å². The van der Waals surface area contributed by atoms with Gasteiger partial charge in [-0.2, -0.15) is 5.26 Å². The summed E-state index contributed by atoms with van der Waals surface area (Å²) in [7, 11) is 0. The van der Waals surface area contributed by atoms with Crippen LogP contribution in [-0.4, -0.2) is 0 Å². The number of hydrogen-bond donors (Lipinski definition) is 1. The molecule has 3 heteroatoms. The van der Waals surface area contributed by atoms with Gasteiger partial charge >= 0.3 is 0 Å². The first-order chi connectivity index (χ1) is 9.91. The molecule has 108 valence electrons. The molecule has 0 aromatic heterocycles. The van der Waals surface area contributed by atoms with E-state index >= 15 is 0 Å². The predicted octanol–water partition coefficient (Wildman–Crippen LogP) is 5.31. The number of nitrogens with zero attached hydrogens (tertiary/aromatic N) is 1. The first kappa shape index (κ1) is 15.4. The highest BCUT2D eigenvalue weighted by Gasteiger charge is 2.16. The summed E-state index contributed by atoms with van der Waals surface area (Å²) < 4.78 is 0. The average Bonchev–Trinajstić information content (AvgIpc) is 2.46. The molecule has 1 unspecified atom stereocenters. The maximum atomic E-state index is 9.41. The van der Waals surface area contributed by atoms with Crippen molar-refractivity contribution in [1.29, 1.82) is 5.26 Å². The van der Waals surface area contributed by atoms with Gasteiger partial charge in [-0.1, -0.05) is 68.8 Å². The largest absolute Gasteiger partial charge is 0.365 e. The molecule has 21 heavy (non-hydrogen) atoms. The van der Waals surface area contributed by atoms with Crippen LogP contribution in [0.5, 0.6) is 0 Å². The Morgan fingerprint density at radius 3 is 2.19 bits per heavy atom. The summed E-state index contributed by atoms with van der Waals surface area (Å²) in [5.41, 5.74) is 3.06. The van der Waals surface area contributed by atoms with Crippen LogP contribution in [0.2, 0.25) is 5.02 Å². The average molecular weight is 299 g/mol. The van der Waals surface area contributed by atoms with Crippen LogP contribution in [0.3, 0.4) is 0 Å². The summed E-state index contributed by atoms with van der Waals surface area (Å²) in [6.45, 7) is 6.52. The van der Waals surface area contributed by atoms with Crippen molar-refractivity contribution in [2.24, 2.45) is 0 Å². The molecular weight excluding hydrogens is 280 g/mol. The van der Waals surface area contributed by atoms with Crippen molar-refractivity contribution in [3.63, 3.8) is 0 Å². The molecule has 0 saturated carbocycles. The highest BCUT2D eigenvalue weighted by Crippen LogP contribution is 2.27. The molecule has 2 aromatic rings. The van der Waals surface area contributed by atoms with Gasteiger partial charge in [0.2, 0.25) is 0 Å². The molecule has 2 aromatic carbocycles. The molecule has 1 atom stereocenters. The van der Waals surface area contributed by atoms with Crippen LogP contribution in [0, 0.1) is 11.3 Å². The Kier molecular flexibility index (Phi) is 4.55. The van der Waals surface area contributed by atoms with Crippen LogP contribution >= 0.6 is 11.6 Å². The molecule has 0 radical (unpaired) electrons. The molecule has 0 bridgehead atoms. The monoisotopic (exact) mass is 298 g/mol.